The number of ether oxygens (including phenoxy) is 1. The molecule has 1 saturated heterocycles. The van der Waals surface area contributed by atoms with Gasteiger partial charge in [-0.25, -0.2) is 12.7 Å². The molecule has 1 aromatic carbocycles. The summed E-state index contributed by atoms with van der Waals surface area (Å²) in [6.45, 7) is 1.52. The maximum absolute atomic E-state index is 12.1. The Hall–Kier alpha value is -0.960. The third kappa shape index (κ3) is 6.33. The molecule has 0 atom stereocenters. The van der Waals surface area contributed by atoms with Gasteiger partial charge in [-0.3, -0.25) is 4.79 Å². The minimum atomic E-state index is -3.15. The van der Waals surface area contributed by atoms with Crippen LogP contribution in [0.5, 0.6) is 5.75 Å². The van der Waals surface area contributed by atoms with Gasteiger partial charge >= 0.3 is 0 Å². The molecule has 146 valence electrons. The lowest BCUT2D eigenvalue weighted by atomic mass is 10.1. The van der Waals surface area contributed by atoms with Gasteiger partial charge in [-0.2, -0.15) is 11.8 Å². The van der Waals surface area contributed by atoms with E-state index in [0.29, 0.717) is 48.8 Å². The van der Waals surface area contributed by atoms with Crippen LogP contribution < -0.4 is 10.1 Å². The number of amides is 1. The molecule has 1 aliphatic rings. The van der Waals surface area contributed by atoms with Crippen molar-refractivity contribution in [2.24, 2.45) is 0 Å². The van der Waals surface area contributed by atoms with Gasteiger partial charge in [0.05, 0.1) is 11.3 Å². The van der Waals surface area contributed by atoms with Crippen molar-refractivity contribution in [3.05, 3.63) is 28.8 Å². The van der Waals surface area contributed by atoms with Crippen LogP contribution >= 0.6 is 23.4 Å². The largest absolute Gasteiger partial charge is 0.489 e. The fraction of sp³-hybridized carbons (Fsp3) is 0.588. The summed E-state index contributed by atoms with van der Waals surface area (Å²) in [5.74, 6) is 1.37. The standard InChI is InChI=1S/C17H25ClN2O4S2/c1-25-11-3-8-19-17(21)13-4-5-16(15(18)12-13)24-14-6-9-20(10-7-14)26(2,22)23/h4-5,12,14H,3,6-11H2,1-2H3,(H,19,21). The molecule has 1 fully saturated rings. The molecule has 1 heterocycles. The van der Waals surface area contributed by atoms with Crippen LogP contribution in [0.25, 0.3) is 0 Å². The Morgan fingerprint density at radius 2 is 2.08 bits per heavy atom. The summed E-state index contributed by atoms with van der Waals surface area (Å²) in [6.07, 6.45) is 5.31. The van der Waals surface area contributed by atoms with E-state index in [1.807, 2.05) is 6.26 Å². The van der Waals surface area contributed by atoms with Crippen molar-refractivity contribution < 1.29 is 17.9 Å². The molecule has 1 aromatic rings. The van der Waals surface area contributed by atoms with E-state index >= 15 is 0 Å². The normalized spacial score (nSPS) is 16.4. The zero-order valence-electron chi connectivity index (χ0n) is 15.0. The Bertz CT molecular complexity index is 719. The molecule has 1 N–H and O–H groups in total. The Kier molecular flexibility index (Phi) is 8.06. The highest BCUT2D eigenvalue weighted by atomic mass is 35.5. The summed E-state index contributed by atoms with van der Waals surface area (Å²) in [6, 6.07) is 4.99. The number of benzene rings is 1. The zero-order valence-corrected chi connectivity index (χ0v) is 17.4. The molecular weight excluding hydrogens is 396 g/mol. The fourth-order valence-corrected chi connectivity index (χ4v) is 4.25. The highest BCUT2D eigenvalue weighted by Gasteiger charge is 2.26. The lowest BCUT2D eigenvalue weighted by molar-refractivity contribution is 0.0953. The van der Waals surface area contributed by atoms with E-state index in [2.05, 4.69) is 5.32 Å². The summed E-state index contributed by atoms with van der Waals surface area (Å²) in [7, 11) is -3.15. The maximum Gasteiger partial charge on any atom is 0.251 e. The molecule has 0 unspecified atom stereocenters. The minimum absolute atomic E-state index is 0.0864. The number of rotatable bonds is 8. The van der Waals surface area contributed by atoms with Crippen molar-refractivity contribution in [2.75, 3.05) is 37.9 Å². The fourth-order valence-electron chi connectivity index (χ4n) is 2.72. The molecule has 0 aliphatic carbocycles. The number of carbonyl (C=O) groups is 1. The Balaban J connectivity index is 1.89. The summed E-state index contributed by atoms with van der Waals surface area (Å²) in [5.41, 5.74) is 0.499. The number of hydrogen-bond acceptors (Lipinski definition) is 5. The third-order valence-electron chi connectivity index (χ3n) is 4.17. The van der Waals surface area contributed by atoms with Crippen LogP contribution in [0.3, 0.4) is 0 Å². The number of thioether (sulfide) groups is 1. The highest BCUT2D eigenvalue weighted by Crippen LogP contribution is 2.28. The number of carbonyl (C=O) groups excluding carboxylic acids is 1. The summed E-state index contributed by atoms with van der Waals surface area (Å²) < 4.78 is 30.5. The molecule has 26 heavy (non-hydrogen) atoms. The molecule has 0 bridgehead atoms. The Morgan fingerprint density at radius 1 is 1.38 bits per heavy atom. The van der Waals surface area contributed by atoms with Crippen LogP contribution in [0.1, 0.15) is 29.6 Å². The maximum atomic E-state index is 12.1. The van der Waals surface area contributed by atoms with E-state index in [1.54, 1.807) is 30.0 Å². The van der Waals surface area contributed by atoms with E-state index in [1.165, 1.54) is 10.6 Å². The van der Waals surface area contributed by atoms with Gasteiger partial charge in [0.15, 0.2) is 0 Å². The molecule has 9 heteroatoms. The van der Waals surface area contributed by atoms with Crippen LogP contribution in [0.2, 0.25) is 5.02 Å². The van der Waals surface area contributed by atoms with Gasteiger partial charge in [0, 0.05) is 25.2 Å². The predicted octanol–water partition coefficient (Wildman–Crippen LogP) is 2.63. The molecule has 1 aliphatic heterocycles. The van der Waals surface area contributed by atoms with E-state index in [-0.39, 0.29) is 12.0 Å². The van der Waals surface area contributed by atoms with Crippen LogP contribution in [0.4, 0.5) is 0 Å². The van der Waals surface area contributed by atoms with Crippen molar-refractivity contribution in [1.82, 2.24) is 9.62 Å². The second-order valence-electron chi connectivity index (χ2n) is 6.23. The minimum Gasteiger partial charge on any atom is -0.489 e. The van der Waals surface area contributed by atoms with Gasteiger partial charge in [-0.15, -0.1) is 0 Å². The molecule has 1 amide bonds. The van der Waals surface area contributed by atoms with Crippen molar-refractivity contribution >= 4 is 39.3 Å². The van der Waals surface area contributed by atoms with Gasteiger partial charge in [0.1, 0.15) is 11.9 Å². The van der Waals surface area contributed by atoms with E-state index in [9.17, 15) is 13.2 Å². The number of hydrogen-bond donors (Lipinski definition) is 1. The van der Waals surface area contributed by atoms with Crippen LogP contribution in [0, 0.1) is 0 Å². The van der Waals surface area contributed by atoms with Gasteiger partial charge in [-0.1, -0.05) is 11.6 Å². The molecule has 2 rings (SSSR count). The quantitative estimate of drug-likeness (QED) is 0.654. The first kappa shape index (κ1) is 21.3. The van der Waals surface area contributed by atoms with Crippen LogP contribution in [-0.4, -0.2) is 62.6 Å². The number of nitrogens with zero attached hydrogens (tertiary/aromatic N) is 1. The monoisotopic (exact) mass is 420 g/mol. The van der Waals surface area contributed by atoms with Crippen molar-refractivity contribution in [3.8, 4) is 5.75 Å². The predicted molar refractivity (Wildman–Crippen MR) is 107 cm³/mol. The van der Waals surface area contributed by atoms with Crippen molar-refractivity contribution in [3.63, 3.8) is 0 Å². The number of halogens is 1. The highest BCUT2D eigenvalue weighted by molar-refractivity contribution is 7.98. The summed E-state index contributed by atoms with van der Waals surface area (Å²) >= 11 is 8.01. The second-order valence-corrected chi connectivity index (χ2v) is 9.60. The molecule has 0 spiro atoms. The molecule has 6 nitrogen and oxygen atoms in total. The lowest BCUT2D eigenvalue weighted by Crippen LogP contribution is -2.41. The van der Waals surface area contributed by atoms with Gasteiger partial charge in [0.2, 0.25) is 10.0 Å². The van der Waals surface area contributed by atoms with E-state index in [4.69, 9.17) is 16.3 Å². The number of sulfonamides is 1. The van der Waals surface area contributed by atoms with Crippen LogP contribution in [0.15, 0.2) is 18.2 Å². The Labute approximate surface area is 164 Å². The molecule has 0 aromatic heterocycles. The Morgan fingerprint density at radius 3 is 2.65 bits per heavy atom. The van der Waals surface area contributed by atoms with E-state index in [0.717, 1.165) is 12.2 Å². The van der Waals surface area contributed by atoms with Crippen molar-refractivity contribution in [1.29, 1.82) is 0 Å². The summed E-state index contributed by atoms with van der Waals surface area (Å²) in [4.78, 5) is 12.1. The topological polar surface area (TPSA) is 75.7 Å². The first-order valence-corrected chi connectivity index (χ1v) is 12.1. The zero-order chi connectivity index (χ0) is 19.2. The molecule has 0 saturated carbocycles. The molecule has 0 radical (unpaired) electrons. The smallest absolute Gasteiger partial charge is 0.251 e. The average molecular weight is 421 g/mol. The summed E-state index contributed by atoms with van der Waals surface area (Å²) in [5, 5.41) is 3.25. The third-order valence-corrected chi connectivity index (χ3v) is 6.46. The second kappa shape index (κ2) is 9.82. The SMILES string of the molecule is CSCCCNC(=O)c1ccc(OC2CCN(S(C)(=O)=O)CC2)c(Cl)c1. The van der Waals surface area contributed by atoms with E-state index < -0.39 is 10.0 Å². The number of piperidine rings is 1. The molecular formula is C17H25ClN2O4S2. The first-order chi connectivity index (χ1) is 12.3. The number of nitrogens with one attached hydrogen (secondary N) is 1. The first-order valence-electron chi connectivity index (χ1n) is 8.49. The van der Waals surface area contributed by atoms with Gasteiger partial charge in [0.25, 0.3) is 5.91 Å². The average Bonchev–Trinajstić information content (AvgIpc) is 2.60. The van der Waals surface area contributed by atoms with Crippen molar-refractivity contribution in [2.45, 2.75) is 25.4 Å². The lowest BCUT2D eigenvalue weighted by Gasteiger charge is -2.30. The van der Waals surface area contributed by atoms with Gasteiger partial charge in [-0.05, 0) is 49.5 Å². The van der Waals surface area contributed by atoms with Gasteiger partial charge < -0.3 is 10.1 Å². The van der Waals surface area contributed by atoms with Crippen LogP contribution in [-0.2, 0) is 10.0 Å².